The van der Waals surface area contributed by atoms with E-state index in [1.54, 1.807) is 12.3 Å². The monoisotopic (exact) mass is 273 g/mol. The first-order valence-electron chi connectivity index (χ1n) is 5.55. The van der Waals surface area contributed by atoms with Crippen LogP contribution in [0.5, 0.6) is 0 Å². The average molecular weight is 274 g/mol. The molecule has 0 atom stereocenters. The fourth-order valence-electron chi connectivity index (χ4n) is 1.99. The highest BCUT2D eigenvalue weighted by molar-refractivity contribution is 6.42. The lowest BCUT2D eigenvalue weighted by Gasteiger charge is -2.06. The van der Waals surface area contributed by atoms with Gasteiger partial charge in [0.15, 0.2) is 0 Å². The number of hydrogen-bond acceptors (Lipinski definition) is 1. The molecule has 1 nitrogen and oxygen atoms in total. The molecule has 0 fully saturated rings. The van der Waals surface area contributed by atoms with Crippen LogP contribution in [0.15, 0.2) is 54.7 Å². The number of rotatable bonds is 1. The maximum Gasteiger partial charge on any atom is 0.0780 e. The third-order valence-electron chi connectivity index (χ3n) is 2.87. The van der Waals surface area contributed by atoms with Crippen molar-refractivity contribution in [2.75, 3.05) is 0 Å². The molecule has 0 amide bonds. The van der Waals surface area contributed by atoms with Crippen molar-refractivity contribution in [2.45, 2.75) is 0 Å². The van der Waals surface area contributed by atoms with E-state index in [0.29, 0.717) is 10.0 Å². The Morgan fingerprint density at radius 2 is 1.67 bits per heavy atom. The Bertz CT molecular complexity index is 717. The molecule has 0 saturated heterocycles. The van der Waals surface area contributed by atoms with E-state index in [-0.39, 0.29) is 0 Å². The summed E-state index contributed by atoms with van der Waals surface area (Å²) in [6, 6.07) is 15.7. The molecular weight excluding hydrogens is 265 g/mol. The van der Waals surface area contributed by atoms with Crippen molar-refractivity contribution in [1.29, 1.82) is 0 Å². The van der Waals surface area contributed by atoms with Crippen LogP contribution in [0.25, 0.3) is 22.0 Å². The van der Waals surface area contributed by atoms with E-state index in [0.717, 1.165) is 22.0 Å². The first kappa shape index (κ1) is 11.5. The second kappa shape index (κ2) is 4.60. The molecular formula is C15H9Cl2N. The maximum atomic E-state index is 6.06. The molecule has 0 radical (unpaired) electrons. The molecule has 0 saturated carbocycles. The second-order valence-corrected chi connectivity index (χ2v) is 4.82. The van der Waals surface area contributed by atoms with Crippen molar-refractivity contribution < 1.29 is 0 Å². The Morgan fingerprint density at radius 3 is 2.50 bits per heavy atom. The Morgan fingerprint density at radius 1 is 0.833 bits per heavy atom. The molecule has 1 aromatic heterocycles. The molecule has 0 spiro atoms. The van der Waals surface area contributed by atoms with Crippen LogP contribution in [0.1, 0.15) is 0 Å². The molecule has 1 heterocycles. The third-order valence-corrected chi connectivity index (χ3v) is 3.61. The van der Waals surface area contributed by atoms with Gasteiger partial charge in [0.2, 0.25) is 0 Å². The summed E-state index contributed by atoms with van der Waals surface area (Å²) in [7, 11) is 0. The van der Waals surface area contributed by atoms with Gasteiger partial charge >= 0.3 is 0 Å². The first-order chi connectivity index (χ1) is 8.75. The van der Waals surface area contributed by atoms with E-state index in [1.807, 2.05) is 30.3 Å². The van der Waals surface area contributed by atoms with Crippen LogP contribution < -0.4 is 0 Å². The van der Waals surface area contributed by atoms with Crippen LogP contribution in [0.3, 0.4) is 0 Å². The van der Waals surface area contributed by atoms with Gasteiger partial charge in [0, 0.05) is 17.1 Å². The number of aromatic nitrogens is 1. The highest BCUT2D eigenvalue weighted by Gasteiger charge is 2.06. The maximum absolute atomic E-state index is 6.06. The fraction of sp³-hybridized carbons (Fsp3) is 0. The van der Waals surface area contributed by atoms with Gasteiger partial charge in [0.1, 0.15) is 0 Å². The Labute approximate surface area is 115 Å². The smallest absolute Gasteiger partial charge is 0.0780 e. The van der Waals surface area contributed by atoms with Crippen molar-refractivity contribution in [1.82, 2.24) is 4.98 Å². The van der Waals surface area contributed by atoms with Gasteiger partial charge in [-0.3, -0.25) is 4.98 Å². The van der Waals surface area contributed by atoms with Crippen LogP contribution in [0, 0.1) is 0 Å². The van der Waals surface area contributed by atoms with E-state index in [4.69, 9.17) is 23.2 Å². The predicted molar refractivity (Wildman–Crippen MR) is 77.2 cm³/mol. The van der Waals surface area contributed by atoms with Crippen LogP contribution in [0.2, 0.25) is 10.0 Å². The lowest BCUT2D eigenvalue weighted by molar-refractivity contribution is 1.36. The lowest BCUT2D eigenvalue weighted by atomic mass is 10.0. The molecule has 3 aromatic rings. The van der Waals surface area contributed by atoms with Crippen LogP contribution in [0.4, 0.5) is 0 Å². The van der Waals surface area contributed by atoms with E-state index < -0.39 is 0 Å². The number of benzene rings is 2. The topological polar surface area (TPSA) is 12.9 Å². The van der Waals surface area contributed by atoms with E-state index in [2.05, 4.69) is 17.1 Å². The number of hydrogen-bond donors (Lipinski definition) is 0. The Kier molecular flexibility index (Phi) is 2.94. The lowest BCUT2D eigenvalue weighted by Crippen LogP contribution is -1.86. The summed E-state index contributed by atoms with van der Waals surface area (Å²) in [5.41, 5.74) is 1.90. The van der Waals surface area contributed by atoms with Gasteiger partial charge in [-0.15, -0.1) is 0 Å². The molecule has 88 valence electrons. The third kappa shape index (κ3) is 1.96. The standard InChI is InChI=1S/C15H9Cl2N/c16-13-6-5-11(9-14(13)17)15-12-4-2-1-3-10(12)7-8-18-15/h1-9H. The largest absolute Gasteiger partial charge is 0.256 e. The summed E-state index contributed by atoms with van der Waals surface area (Å²) < 4.78 is 0. The summed E-state index contributed by atoms with van der Waals surface area (Å²) >= 11 is 12.0. The highest BCUT2D eigenvalue weighted by Crippen LogP contribution is 2.31. The quantitative estimate of drug-likeness (QED) is 0.593. The van der Waals surface area contributed by atoms with Gasteiger partial charge in [-0.25, -0.2) is 0 Å². The fourth-order valence-corrected chi connectivity index (χ4v) is 2.29. The summed E-state index contributed by atoms with van der Waals surface area (Å²) in [4.78, 5) is 4.45. The van der Waals surface area contributed by atoms with Gasteiger partial charge in [-0.1, -0.05) is 53.5 Å². The summed E-state index contributed by atoms with van der Waals surface area (Å²) in [5, 5.41) is 3.37. The van der Waals surface area contributed by atoms with E-state index in [9.17, 15) is 0 Å². The van der Waals surface area contributed by atoms with Crippen LogP contribution >= 0.6 is 23.2 Å². The second-order valence-electron chi connectivity index (χ2n) is 4.01. The van der Waals surface area contributed by atoms with Crippen molar-refractivity contribution >= 4 is 34.0 Å². The average Bonchev–Trinajstić information content (AvgIpc) is 2.41. The normalized spacial score (nSPS) is 10.8. The number of fused-ring (bicyclic) bond motifs is 1. The van der Waals surface area contributed by atoms with Gasteiger partial charge in [-0.05, 0) is 23.6 Å². The molecule has 3 heteroatoms. The zero-order valence-corrected chi connectivity index (χ0v) is 10.9. The molecule has 3 rings (SSSR count). The molecule has 0 aliphatic heterocycles. The molecule has 0 unspecified atom stereocenters. The highest BCUT2D eigenvalue weighted by atomic mass is 35.5. The summed E-state index contributed by atoms with van der Waals surface area (Å²) in [6.07, 6.45) is 1.81. The summed E-state index contributed by atoms with van der Waals surface area (Å²) in [5.74, 6) is 0. The Balaban J connectivity index is 2.28. The Hall–Kier alpha value is -1.57. The minimum Gasteiger partial charge on any atom is -0.256 e. The number of halogens is 2. The predicted octanol–water partition coefficient (Wildman–Crippen LogP) is 5.21. The van der Waals surface area contributed by atoms with Gasteiger partial charge in [0.25, 0.3) is 0 Å². The molecule has 0 bridgehead atoms. The number of pyridine rings is 1. The minimum absolute atomic E-state index is 0.545. The molecule has 0 aliphatic rings. The van der Waals surface area contributed by atoms with Crippen molar-refractivity contribution in [2.24, 2.45) is 0 Å². The first-order valence-corrected chi connectivity index (χ1v) is 6.30. The molecule has 0 aliphatic carbocycles. The van der Waals surface area contributed by atoms with Crippen molar-refractivity contribution in [3.05, 3.63) is 64.8 Å². The van der Waals surface area contributed by atoms with Crippen LogP contribution in [-0.4, -0.2) is 4.98 Å². The number of nitrogens with zero attached hydrogens (tertiary/aromatic N) is 1. The van der Waals surface area contributed by atoms with E-state index in [1.165, 1.54) is 0 Å². The minimum atomic E-state index is 0.545. The SMILES string of the molecule is Clc1ccc(-c2nccc3ccccc23)cc1Cl. The van der Waals surface area contributed by atoms with E-state index >= 15 is 0 Å². The molecule has 2 aromatic carbocycles. The summed E-state index contributed by atoms with van der Waals surface area (Å²) in [6.45, 7) is 0. The van der Waals surface area contributed by atoms with Crippen molar-refractivity contribution in [3.8, 4) is 11.3 Å². The van der Waals surface area contributed by atoms with Gasteiger partial charge in [0.05, 0.1) is 15.7 Å². The zero-order valence-electron chi connectivity index (χ0n) is 9.40. The van der Waals surface area contributed by atoms with Crippen LogP contribution in [-0.2, 0) is 0 Å². The van der Waals surface area contributed by atoms with Crippen molar-refractivity contribution in [3.63, 3.8) is 0 Å². The zero-order chi connectivity index (χ0) is 12.5. The van der Waals surface area contributed by atoms with Gasteiger partial charge in [-0.2, -0.15) is 0 Å². The molecule has 18 heavy (non-hydrogen) atoms. The van der Waals surface area contributed by atoms with Gasteiger partial charge < -0.3 is 0 Å². The molecule has 0 N–H and O–H groups in total.